The molecule has 0 aromatic heterocycles. The van der Waals surface area contributed by atoms with Crippen molar-refractivity contribution in [2.24, 2.45) is 4.99 Å². The summed E-state index contributed by atoms with van der Waals surface area (Å²) in [5.41, 5.74) is 1.44. The molecule has 1 N–H and O–H groups in total. The first-order valence-corrected chi connectivity index (χ1v) is 14.0. The van der Waals surface area contributed by atoms with E-state index in [0.717, 1.165) is 20.9 Å². The normalized spacial score (nSPS) is 15.4. The molecule has 0 fully saturated rings. The lowest BCUT2D eigenvalue weighted by atomic mass is 10.1. The third kappa shape index (κ3) is 7.52. The second-order valence-corrected chi connectivity index (χ2v) is 10.4. The molecule has 0 atom stereocenters. The molecule has 37 heavy (non-hydrogen) atoms. The number of rotatable bonds is 10. The maximum Gasteiger partial charge on any atom is 0.344 e. The number of hydrogen-bond donors (Lipinski definition) is 1. The summed E-state index contributed by atoms with van der Waals surface area (Å²) in [4.78, 5) is 29.1. The first-order chi connectivity index (χ1) is 17.8. The predicted molar refractivity (Wildman–Crippen MR) is 155 cm³/mol. The van der Waals surface area contributed by atoms with E-state index < -0.39 is 5.97 Å². The minimum atomic E-state index is -0.730. The fraction of sp³-hybridized carbons (Fsp3) is 0.296. The number of aliphatic hydroxyl groups excluding tert-OH is 1. The second-order valence-electron chi connectivity index (χ2n) is 7.76. The zero-order valence-corrected chi connectivity index (χ0v) is 24.4. The van der Waals surface area contributed by atoms with Crippen molar-refractivity contribution in [2.45, 2.75) is 40.2 Å². The van der Waals surface area contributed by atoms with Crippen LogP contribution in [0.3, 0.4) is 0 Å². The summed E-state index contributed by atoms with van der Waals surface area (Å²) in [6, 6.07) is 11.1. The summed E-state index contributed by atoms with van der Waals surface area (Å²) < 4.78 is 17.8. The fourth-order valence-corrected chi connectivity index (χ4v) is 5.37. The van der Waals surface area contributed by atoms with Gasteiger partial charge in [0.15, 0.2) is 11.5 Å². The molecular weight excluding hydrogens is 629 g/mol. The van der Waals surface area contributed by atoms with E-state index in [0.29, 0.717) is 40.0 Å². The van der Waals surface area contributed by atoms with Gasteiger partial charge in [-0.3, -0.25) is 4.79 Å². The number of ether oxygens (including phenoxy) is 3. The molecule has 1 heterocycles. The Labute approximate surface area is 239 Å². The van der Waals surface area contributed by atoms with Gasteiger partial charge in [0.25, 0.3) is 0 Å². The molecule has 0 spiro atoms. The van der Waals surface area contributed by atoms with Crippen LogP contribution in [0, 0.1) is 3.57 Å². The fourth-order valence-electron chi connectivity index (χ4n) is 3.37. The van der Waals surface area contributed by atoms with E-state index in [9.17, 15) is 14.7 Å². The summed E-state index contributed by atoms with van der Waals surface area (Å²) in [7, 11) is 0. The average Bonchev–Trinajstić information content (AvgIpc) is 3.14. The van der Waals surface area contributed by atoms with Crippen LogP contribution in [0.15, 0.2) is 57.6 Å². The lowest BCUT2D eigenvalue weighted by molar-refractivity contribution is -0.138. The maximum atomic E-state index is 12.5. The average molecular weight is 656 g/mol. The molecule has 0 saturated heterocycles. The number of carbonyl (C=O) groups is 2. The molecule has 3 rings (SSSR count). The Kier molecular flexibility index (Phi) is 10.9. The highest BCUT2D eigenvalue weighted by molar-refractivity contribution is 14.1. The standard InChI is InChI=1S/C27H27ClINO6S/c1-4-9-22(31)30-26-23(27(33)35-6-3)24(32)21(37-26)14-16-12-19(29)25(20(13-16)34-5-2)36-15-17-10-7-8-11-18(17)28/h7-8,10-14,32H,4-6,9,15H2,1-3H3/b21-14-,30-26?. The molecule has 0 saturated carbocycles. The molecule has 1 aliphatic heterocycles. The van der Waals surface area contributed by atoms with Crippen molar-refractivity contribution in [3.63, 3.8) is 0 Å². The van der Waals surface area contributed by atoms with Crippen LogP contribution in [-0.4, -0.2) is 35.2 Å². The van der Waals surface area contributed by atoms with Crippen molar-refractivity contribution in [3.05, 3.63) is 72.4 Å². The number of carbonyl (C=O) groups excluding carboxylic acids is 2. The Morgan fingerprint density at radius 1 is 1.14 bits per heavy atom. The number of amides is 1. The highest BCUT2D eigenvalue weighted by atomic mass is 127. The van der Waals surface area contributed by atoms with Crippen LogP contribution >= 0.6 is 46.0 Å². The van der Waals surface area contributed by atoms with Gasteiger partial charge in [-0.1, -0.05) is 48.5 Å². The van der Waals surface area contributed by atoms with Gasteiger partial charge in [-0.05, 0) is 72.7 Å². The number of halogens is 2. The number of benzene rings is 2. The molecule has 0 radical (unpaired) electrons. The Bertz CT molecular complexity index is 1270. The summed E-state index contributed by atoms with van der Waals surface area (Å²) in [5, 5.41) is 11.6. The third-order valence-corrected chi connectivity index (χ3v) is 7.21. The SMILES string of the molecule is CCCC(=O)N=C1S/C(=C\c2cc(I)c(OCc3ccccc3Cl)c(OCC)c2)C(O)=C1C(=O)OCC. The van der Waals surface area contributed by atoms with Gasteiger partial charge in [-0.2, -0.15) is 0 Å². The molecular formula is C27H27ClINO6S. The van der Waals surface area contributed by atoms with E-state index in [4.69, 9.17) is 25.8 Å². The van der Waals surface area contributed by atoms with Crippen LogP contribution in [0.25, 0.3) is 6.08 Å². The van der Waals surface area contributed by atoms with Gasteiger partial charge < -0.3 is 19.3 Å². The lowest BCUT2D eigenvalue weighted by Gasteiger charge is -2.15. The van der Waals surface area contributed by atoms with Crippen molar-refractivity contribution >= 4 is 68.9 Å². The van der Waals surface area contributed by atoms with Crippen molar-refractivity contribution in [1.29, 1.82) is 0 Å². The van der Waals surface area contributed by atoms with Crippen molar-refractivity contribution in [3.8, 4) is 11.5 Å². The van der Waals surface area contributed by atoms with Crippen LogP contribution in [-0.2, 0) is 20.9 Å². The second kappa shape index (κ2) is 13.9. The van der Waals surface area contributed by atoms with Crippen molar-refractivity contribution < 1.29 is 28.9 Å². The van der Waals surface area contributed by atoms with E-state index in [1.165, 1.54) is 0 Å². The molecule has 7 nitrogen and oxygen atoms in total. The number of aliphatic hydroxyl groups is 1. The van der Waals surface area contributed by atoms with Gasteiger partial charge in [0.1, 0.15) is 23.0 Å². The van der Waals surface area contributed by atoms with Crippen molar-refractivity contribution in [2.75, 3.05) is 13.2 Å². The first-order valence-electron chi connectivity index (χ1n) is 11.7. The smallest absolute Gasteiger partial charge is 0.344 e. The number of nitrogens with zero attached hydrogens (tertiary/aromatic N) is 1. The highest BCUT2D eigenvalue weighted by Gasteiger charge is 2.33. The van der Waals surface area contributed by atoms with Crippen LogP contribution in [0.2, 0.25) is 5.02 Å². The number of thioether (sulfide) groups is 1. The Morgan fingerprint density at radius 2 is 1.89 bits per heavy atom. The van der Waals surface area contributed by atoms with E-state index in [1.807, 2.05) is 38.1 Å². The molecule has 0 bridgehead atoms. The minimum absolute atomic E-state index is 0.109. The summed E-state index contributed by atoms with van der Waals surface area (Å²) >= 11 is 9.47. The zero-order chi connectivity index (χ0) is 26.9. The van der Waals surface area contributed by atoms with Crippen LogP contribution in [0.5, 0.6) is 11.5 Å². The Balaban J connectivity index is 1.97. The minimum Gasteiger partial charge on any atom is -0.506 e. The number of hydrogen-bond acceptors (Lipinski definition) is 7. The predicted octanol–water partition coefficient (Wildman–Crippen LogP) is 7.11. The molecule has 2 aromatic carbocycles. The van der Waals surface area contributed by atoms with Gasteiger partial charge in [-0.15, -0.1) is 0 Å². The zero-order valence-electron chi connectivity index (χ0n) is 20.7. The number of aliphatic imine (C=N–C) groups is 1. The molecule has 10 heteroatoms. The molecule has 0 unspecified atom stereocenters. The first kappa shape index (κ1) is 29.1. The highest BCUT2D eigenvalue weighted by Crippen LogP contribution is 2.41. The van der Waals surface area contributed by atoms with Crippen LogP contribution in [0.4, 0.5) is 0 Å². The quantitative estimate of drug-likeness (QED) is 0.215. The van der Waals surface area contributed by atoms with Gasteiger partial charge in [0.2, 0.25) is 5.91 Å². The Morgan fingerprint density at radius 3 is 2.57 bits per heavy atom. The third-order valence-electron chi connectivity index (χ3n) is 5.02. The van der Waals surface area contributed by atoms with E-state index in [2.05, 4.69) is 27.6 Å². The van der Waals surface area contributed by atoms with Gasteiger partial charge in [0.05, 0.1) is 21.7 Å². The lowest BCUT2D eigenvalue weighted by Crippen LogP contribution is -2.14. The van der Waals surface area contributed by atoms with Crippen molar-refractivity contribution in [1.82, 2.24) is 0 Å². The van der Waals surface area contributed by atoms with Gasteiger partial charge in [0, 0.05) is 17.0 Å². The largest absolute Gasteiger partial charge is 0.506 e. The van der Waals surface area contributed by atoms with E-state index in [-0.39, 0.29) is 41.9 Å². The molecule has 2 aromatic rings. The summed E-state index contributed by atoms with van der Waals surface area (Å²) in [6.07, 6.45) is 2.57. The monoisotopic (exact) mass is 655 g/mol. The molecule has 1 amide bonds. The van der Waals surface area contributed by atoms with Crippen LogP contribution < -0.4 is 9.47 Å². The maximum absolute atomic E-state index is 12.5. The molecule has 1 aliphatic rings. The topological polar surface area (TPSA) is 94.4 Å². The van der Waals surface area contributed by atoms with Gasteiger partial charge in [-0.25, -0.2) is 9.79 Å². The Hall–Kier alpha value is -2.50. The van der Waals surface area contributed by atoms with Gasteiger partial charge >= 0.3 is 5.97 Å². The molecule has 0 aliphatic carbocycles. The van der Waals surface area contributed by atoms with E-state index in [1.54, 1.807) is 25.1 Å². The van der Waals surface area contributed by atoms with Crippen LogP contribution in [0.1, 0.15) is 44.7 Å². The summed E-state index contributed by atoms with van der Waals surface area (Å²) in [5.74, 6) is -0.278. The van der Waals surface area contributed by atoms with E-state index >= 15 is 0 Å². The summed E-state index contributed by atoms with van der Waals surface area (Å²) in [6.45, 7) is 6.22. The molecule has 196 valence electrons. The number of esters is 1.